The molecular formula is C18H34N2O3. The predicted molar refractivity (Wildman–Crippen MR) is 94.0 cm³/mol. The number of rotatable bonds is 14. The number of unbranched alkanes of at least 4 members (excludes halogenated alkanes) is 8. The highest BCUT2D eigenvalue weighted by Crippen LogP contribution is 2.31. The van der Waals surface area contributed by atoms with Crippen LogP contribution in [0, 0.1) is 0 Å². The zero-order chi connectivity index (χ0) is 17.0. The van der Waals surface area contributed by atoms with Crippen LogP contribution < -0.4 is 0 Å². The number of carbonyl (C=O) groups is 1. The molecule has 2 N–H and O–H groups in total. The Bertz CT molecular complexity index is 360. The van der Waals surface area contributed by atoms with Crippen molar-refractivity contribution in [2.75, 3.05) is 19.7 Å². The number of hydrogen-bond donors (Lipinski definition) is 2. The summed E-state index contributed by atoms with van der Waals surface area (Å²) in [6.45, 7) is 3.41. The van der Waals surface area contributed by atoms with Crippen molar-refractivity contribution >= 4 is 12.2 Å². The van der Waals surface area contributed by atoms with Crippen molar-refractivity contribution in [3.05, 3.63) is 0 Å². The fraction of sp³-hybridized carbons (Fsp3) is 0.889. The molecule has 0 aliphatic carbocycles. The summed E-state index contributed by atoms with van der Waals surface area (Å²) in [7, 11) is 0. The Kier molecular flexibility index (Phi) is 10.1. The van der Waals surface area contributed by atoms with Crippen LogP contribution >= 0.6 is 0 Å². The van der Waals surface area contributed by atoms with Crippen LogP contribution in [0.15, 0.2) is 4.99 Å². The van der Waals surface area contributed by atoms with Crippen molar-refractivity contribution in [1.29, 1.82) is 0 Å². The van der Waals surface area contributed by atoms with Gasteiger partial charge in [-0.05, 0) is 12.8 Å². The van der Waals surface area contributed by atoms with Gasteiger partial charge in [0.1, 0.15) is 5.66 Å². The summed E-state index contributed by atoms with van der Waals surface area (Å²) in [5.41, 5.74) is -0.629. The van der Waals surface area contributed by atoms with E-state index in [-0.39, 0.29) is 13.0 Å². The van der Waals surface area contributed by atoms with Crippen molar-refractivity contribution in [2.24, 2.45) is 4.99 Å². The molecule has 5 nitrogen and oxygen atoms in total. The Hall–Kier alpha value is -0.940. The van der Waals surface area contributed by atoms with E-state index in [1.165, 1.54) is 44.9 Å². The van der Waals surface area contributed by atoms with E-state index in [1.54, 1.807) is 6.21 Å². The van der Waals surface area contributed by atoms with Crippen LogP contribution in [-0.2, 0) is 4.79 Å². The van der Waals surface area contributed by atoms with Gasteiger partial charge in [0, 0.05) is 19.3 Å². The van der Waals surface area contributed by atoms with E-state index >= 15 is 0 Å². The van der Waals surface area contributed by atoms with Crippen LogP contribution in [0.2, 0.25) is 0 Å². The summed E-state index contributed by atoms with van der Waals surface area (Å²) < 4.78 is 0. The maximum atomic E-state index is 11.2. The van der Waals surface area contributed by atoms with Crippen molar-refractivity contribution in [1.82, 2.24) is 4.90 Å². The molecule has 23 heavy (non-hydrogen) atoms. The molecule has 1 atom stereocenters. The van der Waals surface area contributed by atoms with Crippen LogP contribution in [0.5, 0.6) is 0 Å². The highest BCUT2D eigenvalue weighted by molar-refractivity contribution is 5.71. The van der Waals surface area contributed by atoms with E-state index < -0.39 is 11.6 Å². The maximum absolute atomic E-state index is 11.2. The second-order valence-electron chi connectivity index (χ2n) is 6.61. The molecule has 0 saturated carbocycles. The molecule has 0 spiro atoms. The number of β-amino-alcohol motifs (C(OH)–C–C–N with tert-alkyl or cyclic N) is 1. The van der Waals surface area contributed by atoms with Gasteiger partial charge < -0.3 is 10.2 Å². The van der Waals surface area contributed by atoms with E-state index in [2.05, 4.69) is 11.9 Å². The van der Waals surface area contributed by atoms with Gasteiger partial charge in [-0.3, -0.25) is 14.7 Å². The van der Waals surface area contributed by atoms with Gasteiger partial charge in [0.25, 0.3) is 0 Å². The van der Waals surface area contributed by atoms with E-state index in [0.717, 1.165) is 19.3 Å². The lowest BCUT2D eigenvalue weighted by molar-refractivity contribution is -0.140. The molecule has 0 amide bonds. The van der Waals surface area contributed by atoms with Crippen LogP contribution in [0.3, 0.4) is 0 Å². The predicted octanol–water partition coefficient (Wildman–Crippen LogP) is 3.46. The third-order valence-electron chi connectivity index (χ3n) is 4.71. The van der Waals surface area contributed by atoms with Crippen molar-refractivity contribution in [3.63, 3.8) is 0 Å². The first-order valence-corrected chi connectivity index (χ1v) is 9.26. The third-order valence-corrected chi connectivity index (χ3v) is 4.71. The highest BCUT2D eigenvalue weighted by atomic mass is 16.4. The number of hydrogen-bond acceptors (Lipinski definition) is 4. The first-order chi connectivity index (χ1) is 11.1. The molecule has 0 bridgehead atoms. The van der Waals surface area contributed by atoms with Crippen molar-refractivity contribution < 1.29 is 15.0 Å². The van der Waals surface area contributed by atoms with Crippen LogP contribution in [-0.4, -0.2) is 52.7 Å². The maximum Gasteiger partial charge on any atom is 0.307 e. The average molecular weight is 326 g/mol. The zero-order valence-electron chi connectivity index (χ0n) is 14.7. The van der Waals surface area contributed by atoms with Crippen LogP contribution in [0.25, 0.3) is 0 Å². The molecule has 1 aliphatic heterocycles. The molecule has 1 aliphatic rings. The monoisotopic (exact) mass is 326 g/mol. The molecule has 1 rings (SSSR count). The molecule has 0 saturated heterocycles. The largest absolute Gasteiger partial charge is 0.481 e. The summed E-state index contributed by atoms with van der Waals surface area (Å²) in [5.74, 6) is -0.817. The molecule has 1 heterocycles. The number of aliphatic carboxylic acids is 1. The fourth-order valence-corrected chi connectivity index (χ4v) is 3.41. The number of aliphatic imine (C=N–C) groups is 1. The lowest BCUT2D eigenvalue weighted by Crippen LogP contribution is -2.46. The number of aliphatic hydroxyl groups excluding tert-OH is 1. The quantitative estimate of drug-likeness (QED) is 0.479. The molecule has 5 heteroatoms. The van der Waals surface area contributed by atoms with Crippen molar-refractivity contribution in [3.8, 4) is 0 Å². The number of nitrogens with zero attached hydrogens (tertiary/aromatic N) is 2. The normalized spacial score (nSPS) is 21.1. The molecule has 1 unspecified atom stereocenters. The lowest BCUT2D eigenvalue weighted by atomic mass is 9.96. The van der Waals surface area contributed by atoms with E-state index in [1.807, 2.05) is 4.90 Å². The van der Waals surface area contributed by atoms with Crippen molar-refractivity contribution in [2.45, 2.75) is 83.2 Å². The minimum atomic E-state index is -0.817. The summed E-state index contributed by atoms with van der Waals surface area (Å²) in [4.78, 5) is 17.7. The van der Waals surface area contributed by atoms with E-state index in [9.17, 15) is 15.0 Å². The van der Waals surface area contributed by atoms with E-state index in [0.29, 0.717) is 13.1 Å². The first kappa shape index (κ1) is 20.1. The molecule has 134 valence electrons. The van der Waals surface area contributed by atoms with Gasteiger partial charge in [0.15, 0.2) is 0 Å². The number of aliphatic hydroxyl groups is 1. The zero-order valence-corrected chi connectivity index (χ0v) is 14.7. The minimum Gasteiger partial charge on any atom is -0.481 e. The SMILES string of the molecule is CCCCCCCCCCCC1(CC(=O)O)N=CCN1CCO. The molecule has 0 radical (unpaired) electrons. The van der Waals surface area contributed by atoms with Crippen LogP contribution in [0.4, 0.5) is 0 Å². The fourth-order valence-electron chi connectivity index (χ4n) is 3.41. The minimum absolute atomic E-state index is 0.0283. The topological polar surface area (TPSA) is 73.1 Å². The van der Waals surface area contributed by atoms with Gasteiger partial charge >= 0.3 is 5.97 Å². The summed E-state index contributed by atoms with van der Waals surface area (Å²) in [6.07, 6.45) is 13.9. The van der Waals surface area contributed by atoms with Gasteiger partial charge in [0.2, 0.25) is 0 Å². The standard InChI is InChI=1S/C18H34N2O3/c1-2-3-4-5-6-7-8-9-10-11-18(16-17(22)23)19-12-13-20(18)14-15-21/h12,21H,2-11,13-16H2,1H3,(H,22,23). The average Bonchev–Trinajstić information content (AvgIpc) is 2.88. The van der Waals surface area contributed by atoms with E-state index in [4.69, 9.17) is 0 Å². The Morgan fingerprint density at radius 3 is 2.30 bits per heavy atom. The first-order valence-electron chi connectivity index (χ1n) is 9.26. The Labute approximate surface area is 140 Å². The molecule has 0 aromatic heterocycles. The summed E-state index contributed by atoms with van der Waals surface area (Å²) in [5, 5.41) is 18.4. The van der Waals surface area contributed by atoms with Gasteiger partial charge in [-0.1, -0.05) is 58.3 Å². The number of carboxylic acid groups (broad SMARTS) is 1. The molecule has 0 aromatic carbocycles. The second-order valence-corrected chi connectivity index (χ2v) is 6.61. The Morgan fingerprint density at radius 2 is 1.74 bits per heavy atom. The highest BCUT2D eigenvalue weighted by Gasteiger charge is 2.40. The van der Waals surface area contributed by atoms with Gasteiger partial charge in [-0.15, -0.1) is 0 Å². The van der Waals surface area contributed by atoms with Gasteiger partial charge in [0.05, 0.1) is 13.0 Å². The third kappa shape index (κ3) is 7.44. The number of carboxylic acids is 1. The molecule has 0 aromatic rings. The summed E-state index contributed by atoms with van der Waals surface area (Å²) >= 11 is 0. The Balaban J connectivity index is 2.27. The van der Waals surface area contributed by atoms with Gasteiger partial charge in [-0.25, -0.2) is 0 Å². The smallest absolute Gasteiger partial charge is 0.307 e. The summed E-state index contributed by atoms with van der Waals surface area (Å²) in [6, 6.07) is 0. The lowest BCUT2D eigenvalue weighted by Gasteiger charge is -2.35. The van der Waals surface area contributed by atoms with Crippen LogP contribution in [0.1, 0.15) is 77.6 Å². The molecule has 0 fully saturated rings. The Morgan fingerprint density at radius 1 is 1.13 bits per heavy atom. The second kappa shape index (κ2) is 11.6. The van der Waals surface area contributed by atoms with Gasteiger partial charge in [-0.2, -0.15) is 0 Å². The molecular weight excluding hydrogens is 292 g/mol.